The molecule has 1 aromatic carbocycles. The lowest BCUT2D eigenvalue weighted by atomic mass is 10.0. The molecule has 2 N–H and O–H groups in total. The number of carbonyl (C=O) groups excluding carboxylic acids is 1. The third-order valence-corrected chi connectivity index (χ3v) is 2.67. The van der Waals surface area contributed by atoms with Crippen LogP contribution in [0.1, 0.15) is 5.56 Å². The van der Waals surface area contributed by atoms with Gasteiger partial charge in [-0.2, -0.15) is 5.26 Å². The molecule has 1 aliphatic rings. The Balaban J connectivity index is 2.34. The van der Waals surface area contributed by atoms with Crippen LogP contribution in [0, 0.1) is 11.3 Å². The fourth-order valence-corrected chi connectivity index (χ4v) is 1.72. The second kappa shape index (κ2) is 5.27. The molecule has 1 aliphatic heterocycles. The summed E-state index contributed by atoms with van der Waals surface area (Å²) in [4.78, 5) is 11.0. The summed E-state index contributed by atoms with van der Waals surface area (Å²) in [6.45, 7) is 0.276. The number of amides is 1. The standard InChI is InChI=1S/C14H12N2O3/c1-18-12-3-2-10-4-9(8-19-13(10)6-12)5-11(7-15)14(16)17/h2-6H,8H2,1H3,(H2,16,17)/b11-5+. The van der Waals surface area contributed by atoms with E-state index in [1.165, 1.54) is 6.08 Å². The summed E-state index contributed by atoms with van der Waals surface area (Å²) in [5.74, 6) is 0.666. The molecule has 0 atom stereocenters. The molecule has 0 saturated carbocycles. The molecule has 0 aromatic heterocycles. The number of carbonyl (C=O) groups is 1. The number of nitrogens with two attached hydrogens (primary N) is 1. The Morgan fingerprint density at radius 1 is 1.58 bits per heavy atom. The van der Waals surface area contributed by atoms with E-state index < -0.39 is 5.91 Å². The predicted molar refractivity (Wildman–Crippen MR) is 69.4 cm³/mol. The van der Waals surface area contributed by atoms with Crippen LogP contribution in [0.25, 0.3) is 6.08 Å². The molecular weight excluding hydrogens is 244 g/mol. The highest BCUT2D eigenvalue weighted by Gasteiger charge is 2.13. The van der Waals surface area contributed by atoms with Crippen molar-refractivity contribution >= 4 is 12.0 Å². The Morgan fingerprint density at radius 3 is 3.00 bits per heavy atom. The minimum absolute atomic E-state index is 0.0909. The summed E-state index contributed by atoms with van der Waals surface area (Å²) < 4.78 is 10.7. The largest absolute Gasteiger partial charge is 0.497 e. The van der Waals surface area contributed by atoms with Crippen molar-refractivity contribution in [2.45, 2.75) is 0 Å². The third-order valence-electron chi connectivity index (χ3n) is 2.67. The lowest BCUT2D eigenvalue weighted by Crippen LogP contribution is -2.14. The van der Waals surface area contributed by atoms with Gasteiger partial charge in [0, 0.05) is 11.6 Å². The molecule has 0 radical (unpaired) electrons. The Bertz CT molecular complexity index is 624. The van der Waals surface area contributed by atoms with Crippen molar-refractivity contribution in [2.24, 2.45) is 5.73 Å². The van der Waals surface area contributed by atoms with Gasteiger partial charge in [0.15, 0.2) is 0 Å². The minimum Gasteiger partial charge on any atom is -0.497 e. The Kier molecular flexibility index (Phi) is 3.53. The first-order valence-corrected chi connectivity index (χ1v) is 5.57. The van der Waals surface area contributed by atoms with Crippen molar-refractivity contribution in [1.29, 1.82) is 5.26 Å². The summed E-state index contributed by atoms with van der Waals surface area (Å²) in [7, 11) is 1.58. The van der Waals surface area contributed by atoms with Gasteiger partial charge < -0.3 is 15.2 Å². The molecule has 0 aliphatic carbocycles. The monoisotopic (exact) mass is 256 g/mol. The van der Waals surface area contributed by atoms with Gasteiger partial charge in [-0.25, -0.2) is 0 Å². The van der Waals surface area contributed by atoms with Crippen LogP contribution in [0.4, 0.5) is 0 Å². The Morgan fingerprint density at radius 2 is 2.37 bits per heavy atom. The normalized spacial score (nSPS) is 13.7. The molecule has 1 amide bonds. The number of hydrogen-bond donors (Lipinski definition) is 1. The van der Waals surface area contributed by atoms with Gasteiger partial charge >= 0.3 is 0 Å². The first kappa shape index (κ1) is 12.7. The summed E-state index contributed by atoms with van der Waals surface area (Å²) in [6, 6.07) is 7.20. The van der Waals surface area contributed by atoms with Gasteiger partial charge in [0.2, 0.25) is 0 Å². The molecule has 0 fully saturated rings. The number of nitrogens with zero attached hydrogens (tertiary/aromatic N) is 1. The highest BCUT2D eigenvalue weighted by atomic mass is 16.5. The van der Waals surface area contributed by atoms with Crippen LogP contribution >= 0.6 is 0 Å². The second-order valence-electron chi connectivity index (χ2n) is 3.95. The number of benzene rings is 1. The van der Waals surface area contributed by atoms with Crippen molar-refractivity contribution in [3.05, 3.63) is 41.0 Å². The SMILES string of the molecule is COc1ccc2c(c1)OCC(/C=C(\C#N)C(N)=O)=C2. The van der Waals surface area contributed by atoms with Crippen molar-refractivity contribution in [1.82, 2.24) is 0 Å². The lowest BCUT2D eigenvalue weighted by Gasteiger charge is -2.17. The van der Waals surface area contributed by atoms with E-state index in [-0.39, 0.29) is 12.2 Å². The first-order valence-electron chi connectivity index (χ1n) is 5.57. The van der Waals surface area contributed by atoms with Crippen LogP contribution in [0.2, 0.25) is 0 Å². The molecule has 1 heterocycles. The van der Waals surface area contributed by atoms with Gasteiger partial charge in [-0.3, -0.25) is 4.79 Å². The molecular formula is C14H12N2O3. The van der Waals surface area contributed by atoms with Crippen LogP contribution in [0.5, 0.6) is 11.5 Å². The van der Waals surface area contributed by atoms with Gasteiger partial charge in [0.1, 0.15) is 29.7 Å². The van der Waals surface area contributed by atoms with Gasteiger partial charge in [-0.05, 0) is 29.9 Å². The summed E-state index contributed by atoms with van der Waals surface area (Å²) in [6.07, 6.45) is 3.29. The highest BCUT2D eigenvalue weighted by Crippen LogP contribution is 2.30. The first-order chi connectivity index (χ1) is 9.13. The molecule has 0 saturated heterocycles. The van der Waals surface area contributed by atoms with Crippen molar-refractivity contribution in [3.8, 4) is 17.6 Å². The lowest BCUT2D eigenvalue weighted by molar-refractivity contribution is -0.114. The minimum atomic E-state index is -0.746. The van der Waals surface area contributed by atoms with Crippen LogP contribution in [-0.4, -0.2) is 19.6 Å². The van der Waals surface area contributed by atoms with Crippen LogP contribution in [0.3, 0.4) is 0 Å². The van der Waals surface area contributed by atoms with E-state index in [1.807, 2.05) is 18.2 Å². The van der Waals surface area contributed by atoms with E-state index >= 15 is 0 Å². The zero-order valence-electron chi connectivity index (χ0n) is 10.3. The predicted octanol–water partition coefficient (Wildman–Crippen LogP) is 1.41. The van der Waals surface area contributed by atoms with E-state index in [0.717, 1.165) is 5.56 Å². The van der Waals surface area contributed by atoms with E-state index in [0.29, 0.717) is 17.1 Å². The quantitative estimate of drug-likeness (QED) is 0.654. The Hall–Kier alpha value is -2.74. The molecule has 0 bridgehead atoms. The summed E-state index contributed by atoms with van der Waals surface area (Å²) >= 11 is 0. The van der Waals surface area contributed by atoms with Gasteiger partial charge in [0.05, 0.1) is 7.11 Å². The summed E-state index contributed by atoms with van der Waals surface area (Å²) in [5.41, 5.74) is 6.57. The molecule has 19 heavy (non-hydrogen) atoms. The molecule has 5 heteroatoms. The maximum absolute atomic E-state index is 11.0. The number of fused-ring (bicyclic) bond motifs is 1. The van der Waals surface area contributed by atoms with Crippen LogP contribution in [-0.2, 0) is 4.79 Å². The zero-order chi connectivity index (χ0) is 13.8. The molecule has 96 valence electrons. The maximum atomic E-state index is 11.0. The van der Waals surface area contributed by atoms with E-state index in [2.05, 4.69) is 0 Å². The molecule has 0 spiro atoms. The fraction of sp³-hybridized carbons (Fsp3) is 0.143. The zero-order valence-corrected chi connectivity index (χ0v) is 10.3. The number of rotatable bonds is 3. The second-order valence-corrected chi connectivity index (χ2v) is 3.95. The van der Waals surface area contributed by atoms with Crippen molar-refractivity contribution < 1.29 is 14.3 Å². The molecule has 0 unspecified atom stereocenters. The van der Waals surface area contributed by atoms with Gasteiger partial charge in [-0.1, -0.05) is 0 Å². The number of primary amides is 1. The van der Waals surface area contributed by atoms with Crippen LogP contribution < -0.4 is 15.2 Å². The third kappa shape index (κ3) is 2.75. The van der Waals surface area contributed by atoms with Crippen LogP contribution in [0.15, 0.2) is 35.4 Å². The van der Waals surface area contributed by atoms with E-state index in [4.69, 9.17) is 20.5 Å². The number of nitriles is 1. The average Bonchev–Trinajstić information content (AvgIpc) is 2.43. The average molecular weight is 256 g/mol. The highest BCUT2D eigenvalue weighted by molar-refractivity contribution is 5.96. The van der Waals surface area contributed by atoms with E-state index in [9.17, 15) is 4.79 Å². The summed E-state index contributed by atoms with van der Waals surface area (Å²) in [5, 5.41) is 8.79. The molecule has 5 nitrogen and oxygen atoms in total. The van der Waals surface area contributed by atoms with Crippen molar-refractivity contribution in [3.63, 3.8) is 0 Å². The number of methoxy groups -OCH3 is 1. The fourth-order valence-electron chi connectivity index (χ4n) is 1.72. The van der Waals surface area contributed by atoms with Crippen molar-refractivity contribution in [2.75, 3.05) is 13.7 Å². The molecule has 2 rings (SSSR count). The number of hydrogen-bond acceptors (Lipinski definition) is 4. The Labute approximate surface area is 110 Å². The van der Waals surface area contributed by atoms with E-state index in [1.54, 1.807) is 19.2 Å². The number of ether oxygens (including phenoxy) is 2. The topological polar surface area (TPSA) is 85.3 Å². The maximum Gasteiger partial charge on any atom is 0.259 e. The smallest absolute Gasteiger partial charge is 0.259 e. The van der Waals surface area contributed by atoms with Gasteiger partial charge in [0.25, 0.3) is 5.91 Å². The molecule has 1 aromatic rings. The van der Waals surface area contributed by atoms with Gasteiger partial charge in [-0.15, -0.1) is 0 Å².